The van der Waals surface area contributed by atoms with Crippen molar-refractivity contribution < 1.29 is 23.9 Å². The second-order valence-corrected chi connectivity index (χ2v) is 7.69. The number of carbonyl (C=O) groups excluding carboxylic acids is 3. The predicted octanol–water partition coefficient (Wildman–Crippen LogP) is 3.18. The number of Topliss-reactive ketones (excluding diaryl/α,β-unsaturated/α-hetero) is 1. The number of nitrogens with two attached hydrogens (primary N) is 1. The first kappa shape index (κ1) is 23.5. The molecule has 2 rings (SSSR count). The van der Waals surface area contributed by atoms with Crippen molar-refractivity contribution in [2.75, 3.05) is 23.9 Å². The minimum atomic E-state index is -0.860. The van der Waals surface area contributed by atoms with E-state index in [9.17, 15) is 19.6 Å². The summed E-state index contributed by atoms with van der Waals surface area (Å²) in [7, 11) is 0. The molecule has 0 bridgehead atoms. The van der Waals surface area contributed by atoms with Gasteiger partial charge in [0.1, 0.15) is 35.2 Å². The smallest absolute Gasteiger partial charge is 0.430 e. The van der Waals surface area contributed by atoms with Gasteiger partial charge in [0.2, 0.25) is 0 Å². The Balaban J connectivity index is 2.61. The average Bonchev–Trinajstić information content (AvgIpc) is 2.95. The first-order valence-corrected chi connectivity index (χ1v) is 9.68. The first-order valence-electron chi connectivity index (χ1n) is 9.68. The van der Waals surface area contributed by atoms with Crippen molar-refractivity contribution >= 4 is 23.7 Å². The van der Waals surface area contributed by atoms with Gasteiger partial charge in [-0.25, -0.2) is 19.3 Å². The highest BCUT2D eigenvalue weighted by Crippen LogP contribution is 2.27. The van der Waals surface area contributed by atoms with Gasteiger partial charge in [0.05, 0.1) is 12.3 Å². The van der Waals surface area contributed by atoms with Crippen LogP contribution in [0.5, 0.6) is 0 Å². The molecular weight excluding hydrogens is 400 g/mol. The molecule has 0 radical (unpaired) electrons. The molecular formula is C22H26N4O5. The number of ether oxygens (including phenoxy) is 2. The van der Waals surface area contributed by atoms with Crippen molar-refractivity contribution in [3.8, 4) is 6.07 Å². The normalized spacial score (nSPS) is 10.8. The van der Waals surface area contributed by atoms with Crippen LogP contribution < -0.4 is 10.7 Å². The van der Waals surface area contributed by atoms with Crippen molar-refractivity contribution in [1.29, 1.82) is 5.26 Å². The highest BCUT2D eigenvalue weighted by molar-refractivity contribution is 6.02. The summed E-state index contributed by atoms with van der Waals surface area (Å²) < 4.78 is 11.6. The first-order chi connectivity index (χ1) is 14.5. The molecule has 0 aliphatic heterocycles. The molecule has 2 aromatic rings. The molecule has 1 aromatic heterocycles. The Labute approximate surface area is 180 Å². The lowest BCUT2D eigenvalue weighted by Gasteiger charge is -2.29. The Morgan fingerprint density at radius 1 is 1.19 bits per heavy atom. The number of nitriles is 1. The molecule has 2 N–H and O–H groups in total. The van der Waals surface area contributed by atoms with Gasteiger partial charge in [-0.15, -0.1) is 0 Å². The fourth-order valence-electron chi connectivity index (χ4n) is 2.96. The molecule has 0 atom stereocenters. The molecule has 9 nitrogen and oxygen atoms in total. The van der Waals surface area contributed by atoms with Gasteiger partial charge < -0.3 is 15.2 Å². The number of hydrogen-bond donors (Lipinski definition) is 1. The number of nitrogen functional groups attached to an aromatic ring is 1. The molecule has 1 amide bonds. The largest absolute Gasteiger partial charge is 0.462 e. The van der Waals surface area contributed by atoms with Crippen molar-refractivity contribution in [3.05, 3.63) is 52.7 Å². The van der Waals surface area contributed by atoms with Gasteiger partial charge in [-0.05, 0) is 34.6 Å². The molecule has 0 unspecified atom stereocenters. The summed E-state index contributed by atoms with van der Waals surface area (Å²) in [5, 5.41) is 10.5. The SMILES string of the molecule is CCOC(=O)c1c(C#N)c(N)n(N(CC(=O)c2ccccc2)C(=O)OC(C)(C)C)c1C. The number of nitrogens with zero attached hydrogens (tertiary/aromatic N) is 3. The molecule has 164 valence electrons. The van der Waals surface area contributed by atoms with Crippen LogP contribution in [-0.4, -0.2) is 41.3 Å². The molecule has 0 spiro atoms. The van der Waals surface area contributed by atoms with Crippen LogP contribution in [0, 0.1) is 18.3 Å². The van der Waals surface area contributed by atoms with Crippen LogP contribution in [0.1, 0.15) is 59.7 Å². The highest BCUT2D eigenvalue weighted by atomic mass is 16.6. The zero-order valence-corrected chi connectivity index (χ0v) is 18.3. The summed E-state index contributed by atoms with van der Waals surface area (Å²) in [5.41, 5.74) is 5.63. The molecule has 0 saturated heterocycles. The third-order valence-electron chi connectivity index (χ3n) is 4.24. The molecule has 9 heteroatoms. The zero-order valence-electron chi connectivity index (χ0n) is 18.3. The minimum absolute atomic E-state index is 0.0671. The lowest BCUT2D eigenvalue weighted by Crippen LogP contribution is -2.47. The second kappa shape index (κ2) is 9.34. The second-order valence-electron chi connectivity index (χ2n) is 7.69. The third kappa shape index (κ3) is 5.22. The quantitative estimate of drug-likeness (QED) is 0.555. The zero-order chi connectivity index (χ0) is 23.3. The fourth-order valence-corrected chi connectivity index (χ4v) is 2.96. The molecule has 0 fully saturated rings. The van der Waals surface area contributed by atoms with E-state index in [0.717, 1.165) is 9.69 Å². The number of hydrogen-bond acceptors (Lipinski definition) is 7. The number of amides is 1. The van der Waals surface area contributed by atoms with E-state index in [2.05, 4.69) is 0 Å². The molecule has 0 aliphatic rings. The summed E-state index contributed by atoms with van der Waals surface area (Å²) in [4.78, 5) is 38.3. The van der Waals surface area contributed by atoms with Crippen LogP contribution >= 0.6 is 0 Å². The van der Waals surface area contributed by atoms with Crippen LogP contribution in [0.25, 0.3) is 0 Å². The Morgan fingerprint density at radius 3 is 2.32 bits per heavy atom. The minimum Gasteiger partial charge on any atom is -0.462 e. The topological polar surface area (TPSA) is 128 Å². The lowest BCUT2D eigenvalue weighted by molar-refractivity contribution is 0.0510. The summed E-state index contributed by atoms with van der Waals surface area (Å²) >= 11 is 0. The molecule has 31 heavy (non-hydrogen) atoms. The molecule has 1 aromatic carbocycles. The number of rotatable bonds is 6. The molecule has 0 saturated carbocycles. The Hall–Kier alpha value is -3.80. The van der Waals surface area contributed by atoms with E-state index in [4.69, 9.17) is 15.2 Å². The maximum atomic E-state index is 13.0. The number of aromatic nitrogens is 1. The summed E-state index contributed by atoms with van der Waals surface area (Å²) in [6.45, 7) is 7.84. The van der Waals surface area contributed by atoms with E-state index in [1.807, 2.05) is 6.07 Å². The summed E-state index contributed by atoms with van der Waals surface area (Å²) in [5.74, 6) is -1.30. The van der Waals surface area contributed by atoms with Crippen LogP contribution in [0.4, 0.5) is 10.6 Å². The van der Waals surface area contributed by atoms with E-state index in [-0.39, 0.29) is 35.0 Å². The van der Waals surface area contributed by atoms with Crippen LogP contribution in [-0.2, 0) is 9.47 Å². The van der Waals surface area contributed by atoms with Gasteiger partial charge in [0.15, 0.2) is 5.78 Å². The van der Waals surface area contributed by atoms with Gasteiger partial charge >= 0.3 is 12.1 Å². The number of anilines is 1. The van der Waals surface area contributed by atoms with Crippen molar-refractivity contribution in [2.45, 2.75) is 40.2 Å². The fraction of sp³-hybridized carbons (Fsp3) is 0.364. The predicted molar refractivity (Wildman–Crippen MR) is 114 cm³/mol. The number of esters is 1. The van der Waals surface area contributed by atoms with E-state index in [0.29, 0.717) is 5.56 Å². The van der Waals surface area contributed by atoms with Crippen LogP contribution in [0.3, 0.4) is 0 Å². The summed E-state index contributed by atoms with van der Waals surface area (Å²) in [6, 6.07) is 10.3. The van der Waals surface area contributed by atoms with E-state index >= 15 is 0 Å². The molecule has 0 aliphatic carbocycles. The Morgan fingerprint density at radius 2 is 1.81 bits per heavy atom. The van der Waals surface area contributed by atoms with E-state index in [1.165, 1.54) is 6.92 Å². The van der Waals surface area contributed by atoms with Crippen LogP contribution in [0.15, 0.2) is 30.3 Å². The maximum Gasteiger partial charge on any atom is 0.430 e. The third-order valence-corrected chi connectivity index (χ3v) is 4.24. The van der Waals surface area contributed by atoms with Crippen molar-refractivity contribution in [3.63, 3.8) is 0 Å². The lowest BCUT2D eigenvalue weighted by atomic mass is 10.1. The van der Waals surface area contributed by atoms with Gasteiger partial charge in [-0.3, -0.25) is 4.79 Å². The average molecular weight is 426 g/mol. The Bertz CT molecular complexity index is 1030. The van der Waals surface area contributed by atoms with Gasteiger partial charge in [0.25, 0.3) is 0 Å². The summed E-state index contributed by atoms with van der Waals surface area (Å²) in [6.07, 6.45) is -0.860. The van der Waals surface area contributed by atoms with Crippen molar-refractivity contribution in [2.24, 2.45) is 0 Å². The Kier molecular flexibility index (Phi) is 7.08. The van der Waals surface area contributed by atoms with Gasteiger partial charge in [0, 0.05) is 5.56 Å². The molecule has 1 heterocycles. The van der Waals surface area contributed by atoms with E-state index in [1.54, 1.807) is 58.0 Å². The standard InChI is InChI=1S/C22H26N4O5/c1-6-30-20(28)18-14(2)26(19(24)16(18)12-23)25(21(29)31-22(3,4)5)13-17(27)15-10-8-7-9-11-15/h7-11H,6,13,24H2,1-5H3. The van der Waals surface area contributed by atoms with Gasteiger partial charge in [-0.2, -0.15) is 5.26 Å². The van der Waals surface area contributed by atoms with Crippen LogP contribution in [0.2, 0.25) is 0 Å². The number of ketones is 1. The highest BCUT2D eigenvalue weighted by Gasteiger charge is 2.33. The number of benzene rings is 1. The maximum absolute atomic E-state index is 13.0. The van der Waals surface area contributed by atoms with Crippen molar-refractivity contribution in [1.82, 2.24) is 4.68 Å². The van der Waals surface area contributed by atoms with Gasteiger partial charge in [-0.1, -0.05) is 30.3 Å². The van der Waals surface area contributed by atoms with E-state index < -0.39 is 24.2 Å². The monoisotopic (exact) mass is 426 g/mol. The number of carbonyl (C=O) groups is 3.